The van der Waals surface area contributed by atoms with E-state index in [1.807, 2.05) is 0 Å². The SMILES string of the molecule is Cc1ccccc1NC(c1ccccc1)=[N+](Cc1ccccc1)Cc1ccccc1. The summed E-state index contributed by atoms with van der Waals surface area (Å²) in [6.07, 6.45) is 0. The van der Waals surface area contributed by atoms with Gasteiger partial charge in [0.2, 0.25) is 0 Å². The van der Waals surface area contributed by atoms with E-state index >= 15 is 0 Å². The van der Waals surface area contributed by atoms with Gasteiger partial charge >= 0.3 is 0 Å². The van der Waals surface area contributed by atoms with Crippen LogP contribution in [0.25, 0.3) is 0 Å². The first-order valence-electron chi connectivity index (χ1n) is 10.4. The molecule has 0 unspecified atom stereocenters. The van der Waals surface area contributed by atoms with Crippen molar-refractivity contribution in [2.24, 2.45) is 0 Å². The summed E-state index contributed by atoms with van der Waals surface area (Å²) in [6, 6.07) is 40.3. The van der Waals surface area contributed by atoms with Gasteiger partial charge < -0.3 is 0 Å². The zero-order chi connectivity index (χ0) is 20.6. The predicted octanol–water partition coefficient (Wildman–Crippen LogP) is 6.27. The van der Waals surface area contributed by atoms with Crippen LogP contribution in [-0.4, -0.2) is 10.4 Å². The molecule has 0 bridgehead atoms. The quantitative estimate of drug-likeness (QED) is 0.233. The van der Waals surface area contributed by atoms with Crippen molar-refractivity contribution in [3.05, 3.63) is 138 Å². The molecule has 0 spiro atoms. The Labute approximate surface area is 179 Å². The molecule has 0 fully saturated rings. The van der Waals surface area contributed by atoms with E-state index < -0.39 is 0 Å². The van der Waals surface area contributed by atoms with Gasteiger partial charge in [-0.05, 0) is 41.8 Å². The molecule has 0 aliphatic rings. The molecule has 2 heteroatoms. The minimum absolute atomic E-state index is 0.818. The second kappa shape index (κ2) is 9.71. The number of hydrogen-bond acceptors (Lipinski definition) is 0. The van der Waals surface area contributed by atoms with Crippen LogP contribution >= 0.6 is 0 Å². The van der Waals surface area contributed by atoms with E-state index in [0.29, 0.717) is 0 Å². The lowest BCUT2D eigenvalue weighted by Crippen LogP contribution is -2.29. The highest BCUT2D eigenvalue weighted by Gasteiger charge is 2.19. The van der Waals surface area contributed by atoms with Crippen molar-refractivity contribution in [2.45, 2.75) is 20.0 Å². The van der Waals surface area contributed by atoms with Gasteiger partial charge in [0.05, 0.1) is 5.56 Å². The summed E-state index contributed by atoms with van der Waals surface area (Å²) in [5.74, 6) is 1.11. The maximum atomic E-state index is 3.75. The summed E-state index contributed by atoms with van der Waals surface area (Å²) in [6.45, 7) is 3.78. The fourth-order valence-electron chi connectivity index (χ4n) is 3.59. The lowest BCUT2D eigenvalue weighted by Gasteiger charge is -2.15. The zero-order valence-corrected chi connectivity index (χ0v) is 17.3. The third kappa shape index (κ3) is 5.03. The number of hydrogen-bond donors (Lipinski definition) is 1. The van der Waals surface area contributed by atoms with Gasteiger partial charge in [0, 0.05) is 0 Å². The molecule has 0 amide bonds. The average molecular weight is 392 g/mol. The van der Waals surface area contributed by atoms with Crippen LogP contribution in [0.5, 0.6) is 0 Å². The third-order valence-corrected chi connectivity index (χ3v) is 5.19. The molecular formula is C28H27N2+. The summed E-state index contributed by atoms with van der Waals surface area (Å²) >= 11 is 0. The van der Waals surface area contributed by atoms with Crippen LogP contribution in [0.15, 0.2) is 115 Å². The lowest BCUT2D eigenvalue weighted by atomic mass is 10.1. The highest BCUT2D eigenvalue weighted by molar-refractivity contribution is 6.05. The van der Waals surface area contributed by atoms with Crippen LogP contribution < -0.4 is 5.32 Å². The number of benzene rings is 4. The molecule has 0 saturated heterocycles. The van der Waals surface area contributed by atoms with Crippen molar-refractivity contribution in [1.29, 1.82) is 0 Å². The number of anilines is 1. The Morgan fingerprint density at radius 3 is 1.60 bits per heavy atom. The summed E-state index contributed by atoms with van der Waals surface area (Å²) < 4.78 is 2.42. The molecule has 4 aromatic carbocycles. The summed E-state index contributed by atoms with van der Waals surface area (Å²) in [4.78, 5) is 0. The maximum absolute atomic E-state index is 3.75. The van der Waals surface area contributed by atoms with E-state index in [1.54, 1.807) is 0 Å². The average Bonchev–Trinajstić information content (AvgIpc) is 2.80. The fraction of sp³-hybridized carbons (Fsp3) is 0.107. The largest absolute Gasteiger partial charge is 0.282 e. The molecule has 1 N–H and O–H groups in total. The molecule has 30 heavy (non-hydrogen) atoms. The third-order valence-electron chi connectivity index (χ3n) is 5.19. The Morgan fingerprint density at radius 2 is 1.07 bits per heavy atom. The highest BCUT2D eigenvalue weighted by Crippen LogP contribution is 2.17. The second-order valence-corrected chi connectivity index (χ2v) is 7.48. The van der Waals surface area contributed by atoms with E-state index in [9.17, 15) is 0 Å². The summed E-state index contributed by atoms with van der Waals surface area (Å²) in [5.41, 5.74) is 6.10. The minimum atomic E-state index is 0.818. The van der Waals surface area contributed by atoms with Crippen LogP contribution in [0.1, 0.15) is 22.3 Å². The van der Waals surface area contributed by atoms with Gasteiger partial charge in [-0.1, -0.05) is 97.1 Å². The standard InChI is InChI=1S/C28H26N2/c1-23-13-11-12-20-27(23)29-28(26-18-9-4-10-19-26)30(21-24-14-5-2-6-15-24)22-25-16-7-3-8-17-25/h2-20H,21-22H2,1H3/p+1. The molecular weight excluding hydrogens is 364 g/mol. The van der Waals surface area contributed by atoms with Gasteiger partial charge in [-0.15, -0.1) is 0 Å². The number of amidine groups is 1. The first kappa shape index (κ1) is 19.7. The normalized spacial score (nSPS) is 10.4. The molecule has 0 aliphatic heterocycles. The number of nitrogens with one attached hydrogen (secondary N) is 1. The van der Waals surface area contributed by atoms with Gasteiger partial charge in [0.25, 0.3) is 5.84 Å². The molecule has 4 aromatic rings. The Bertz CT molecular complexity index is 1060. The van der Waals surface area contributed by atoms with Gasteiger partial charge in [-0.3, -0.25) is 4.58 Å². The van der Waals surface area contributed by atoms with Crippen LogP contribution in [0.4, 0.5) is 5.69 Å². The predicted molar refractivity (Wildman–Crippen MR) is 126 cm³/mol. The van der Waals surface area contributed by atoms with Gasteiger partial charge in [-0.25, -0.2) is 5.32 Å². The summed E-state index contributed by atoms with van der Waals surface area (Å²) in [5, 5.41) is 3.75. The van der Waals surface area contributed by atoms with Gasteiger partial charge in [0.1, 0.15) is 18.8 Å². The molecule has 0 saturated carbocycles. The second-order valence-electron chi connectivity index (χ2n) is 7.48. The van der Waals surface area contributed by atoms with Crippen molar-refractivity contribution >= 4 is 11.5 Å². The van der Waals surface area contributed by atoms with E-state index in [-0.39, 0.29) is 0 Å². The Morgan fingerprint density at radius 1 is 0.600 bits per heavy atom. The highest BCUT2D eigenvalue weighted by atomic mass is 15.1. The van der Waals surface area contributed by atoms with Crippen LogP contribution in [0.3, 0.4) is 0 Å². The Kier molecular flexibility index (Phi) is 6.36. The maximum Gasteiger partial charge on any atom is 0.282 e. The molecule has 0 heterocycles. The van der Waals surface area contributed by atoms with Crippen molar-refractivity contribution in [1.82, 2.24) is 0 Å². The monoisotopic (exact) mass is 391 g/mol. The Hall–Kier alpha value is -3.65. The van der Waals surface area contributed by atoms with Crippen molar-refractivity contribution in [2.75, 3.05) is 5.32 Å². The number of aryl methyl sites for hydroxylation is 1. The molecule has 0 aromatic heterocycles. The van der Waals surface area contributed by atoms with Gasteiger partial charge in [-0.2, -0.15) is 0 Å². The Balaban J connectivity index is 1.83. The van der Waals surface area contributed by atoms with E-state index in [2.05, 4.69) is 132 Å². The van der Waals surface area contributed by atoms with E-state index in [1.165, 1.54) is 22.3 Å². The van der Waals surface area contributed by atoms with Crippen LogP contribution in [0, 0.1) is 6.92 Å². The fourth-order valence-corrected chi connectivity index (χ4v) is 3.59. The number of rotatable bonds is 6. The van der Waals surface area contributed by atoms with E-state index in [0.717, 1.165) is 24.6 Å². The molecule has 0 radical (unpaired) electrons. The van der Waals surface area contributed by atoms with Crippen molar-refractivity contribution in [3.63, 3.8) is 0 Å². The van der Waals surface area contributed by atoms with Crippen molar-refractivity contribution < 1.29 is 4.58 Å². The van der Waals surface area contributed by atoms with Gasteiger partial charge in [0.15, 0.2) is 0 Å². The van der Waals surface area contributed by atoms with Crippen molar-refractivity contribution in [3.8, 4) is 0 Å². The summed E-state index contributed by atoms with van der Waals surface area (Å²) in [7, 11) is 0. The molecule has 0 aliphatic carbocycles. The van der Waals surface area contributed by atoms with Crippen LogP contribution in [-0.2, 0) is 13.1 Å². The first-order chi connectivity index (χ1) is 14.8. The lowest BCUT2D eigenvalue weighted by molar-refractivity contribution is -0.559. The number of para-hydroxylation sites is 1. The zero-order valence-electron chi connectivity index (χ0n) is 17.3. The first-order valence-corrected chi connectivity index (χ1v) is 10.4. The molecule has 0 atom stereocenters. The molecule has 4 rings (SSSR count). The number of nitrogens with zero attached hydrogens (tertiary/aromatic N) is 1. The van der Waals surface area contributed by atoms with Crippen LogP contribution in [0.2, 0.25) is 0 Å². The molecule has 148 valence electrons. The molecule has 2 nitrogen and oxygen atoms in total. The topological polar surface area (TPSA) is 15.0 Å². The smallest absolute Gasteiger partial charge is 0.253 e. The minimum Gasteiger partial charge on any atom is -0.253 e. The van der Waals surface area contributed by atoms with E-state index in [4.69, 9.17) is 0 Å².